The fraction of sp³-hybridized carbons (Fsp3) is 0.471. The lowest BCUT2D eigenvalue weighted by atomic mass is 9.89. The molecule has 23 heavy (non-hydrogen) atoms. The number of carbonyl (C=O) groups is 3. The Kier molecular flexibility index (Phi) is 5.00. The summed E-state index contributed by atoms with van der Waals surface area (Å²) >= 11 is 1.06. The van der Waals surface area contributed by atoms with Crippen molar-refractivity contribution in [1.29, 1.82) is 0 Å². The molecule has 1 aliphatic heterocycles. The van der Waals surface area contributed by atoms with Gasteiger partial charge in [0.1, 0.15) is 0 Å². The molecule has 2 unspecified atom stereocenters. The number of nitrogens with one attached hydrogen (secondary N) is 1. The maximum Gasteiger partial charge on any atom is 0.289 e. The summed E-state index contributed by atoms with van der Waals surface area (Å²) in [6.07, 6.45) is 3.90. The van der Waals surface area contributed by atoms with Crippen LogP contribution >= 0.6 is 11.8 Å². The summed E-state index contributed by atoms with van der Waals surface area (Å²) < 4.78 is 0. The molecule has 1 aromatic carbocycles. The molecule has 0 aromatic heterocycles. The molecule has 3 amide bonds. The molecule has 0 spiro atoms. The number of benzene rings is 1. The zero-order chi connectivity index (χ0) is 16.2. The molecule has 1 heterocycles. The summed E-state index contributed by atoms with van der Waals surface area (Å²) in [6, 6.07) is 9.24. The first-order chi connectivity index (χ1) is 11.1. The second kappa shape index (κ2) is 7.17. The molecule has 1 saturated heterocycles. The highest BCUT2D eigenvalue weighted by molar-refractivity contribution is 8.14. The van der Waals surface area contributed by atoms with E-state index in [4.69, 9.17) is 0 Å². The summed E-state index contributed by atoms with van der Waals surface area (Å²) in [5, 5.41) is 2.86. The quantitative estimate of drug-likeness (QED) is 0.919. The molecule has 0 bridgehead atoms. The molecule has 3 rings (SSSR count). The molecule has 1 aliphatic carbocycles. The molecule has 1 N–H and O–H groups in total. The van der Waals surface area contributed by atoms with E-state index in [1.165, 1.54) is 4.90 Å². The number of carbonyl (C=O) groups excluding carboxylic acids is 3. The fourth-order valence-electron chi connectivity index (χ4n) is 3.31. The Morgan fingerprint density at radius 1 is 1.17 bits per heavy atom. The Morgan fingerprint density at radius 2 is 1.91 bits per heavy atom. The van der Waals surface area contributed by atoms with Crippen molar-refractivity contribution < 1.29 is 14.4 Å². The third-order valence-electron chi connectivity index (χ3n) is 4.40. The van der Waals surface area contributed by atoms with Crippen molar-refractivity contribution in [3.63, 3.8) is 0 Å². The lowest BCUT2D eigenvalue weighted by Crippen LogP contribution is -2.55. The molecule has 2 atom stereocenters. The molecule has 2 fully saturated rings. The van der Waals surface area contributed by atoms with Gasteiger partial charge in [0.25, 0.3) is 5.24 Å². The largest absolute Gasteiger partial charge is 0.351 e. The van der Waals surface area contributed by atoms with Crippen molar-refractivity contribution in [2.75, 3.05) is 5.75 Å². The first-order valence-corrected chi connectivity index (χ1v) is 8.96. The number of hydrogen-bond acceptors (Lipinski definition) is 4. The van der Waals surface area contributed by atoms with Crippen LogP contribution in [0.3, 0.4) is 0 Å². The van der Waals surface area contributed by atoms with E-state index in [0.29, 0.717) is 6.42 Å². The van der Waals surface area contributed by atoms with Gasteiger partial charge in [0.2, 0.25) is 11.8 Å². The number of thioether (sulfide) groups is 1. The van der Waals surface area contributed by atoms with Crippen molar-refractivity contribution in [2.24, 2.45) is 0 Å². The molecule has 0 radical (unpaired) electrons. The maximum absolute atomic E-state index is 12.3. The Labute approximate surface area is 139 Å². The fourth-order valence-corrected chi connectivity index (χ4v) is 4.07. The van der Waals surface area contributed by atoms with Crippen LogP contribution in [0.1, 0.15) is 31.2 Å². The van der Waals surface area contributed by atoms with E-state index in [0.717, 1.165) is 43.0 Å². The molecule has 1 aromatic rings. The van der Waals surface area contributed by atoms with Crippen molar-refractivity contribution in [2.45, 2.75) is 44.2 Å². The van der Waals surface area contributed by atoms with Crippen molar-refractivity contribution >= 4 is 28.8 Å². The Bertz CT molecular complexity index is 589. The minimum Gasteiger partial charge on any atom is -0.351 e. The van der Waals surface area contributed by atoms with Crippen LogP contribution in [0, 0.1) is 0 Å². The summed E-state index contributed by atoms with van der Waals surface area (Å²) in [7, 11) is 0. The van der Waals surface area contributed by atoms with Crippen molar-refractivity contribution in [1.82, 2.24) is 10.2 Å². The molecule has 6 heteroatoms. The van der Waals surface area contributed by atoms with E-state index < -0.39 is 0 Å². The smallest absolute Gasteiger partial charge is 0.289 e. The van der Waals surface area contributed by atoms with Gasteiger partial charge in [-0.15, -0.1) is 0 Å². The van der Waals surface area contributed by atoms with Crippen LogP contribution in [0.4, 0.5) is 4.79 Å². The average molecular weight is 332 g/mol. The zero-order valence-corrected chi connectivity index (χ0v) is 13.7. The van der Waals surface area contributed by atoms with Gasteiger partial charge in [0, 0.05) is 6.04 Å². The third kappa shape index (κ3) is 3.75. The maximum atomic E-state index is 12.3. The van der Waals surface area contributed by atoms with Gasteiger partial charge in [0.15, 0.2) is 0 Å². The number of hydrogen-bond donors (Lipinski definition) is 1. The van der Waals surface area contributed by atoms with E-state index in [1.807, 2.05) is 30.3 Å². The SMILES string of the molecule is O=C(Cc1ccccc1)NC1CCCCC1N1C(=O)CSC1=O. The van der Waals surface area contributed by atoms with Gasteiger partial charge in [-0.2, -0.15) is 0 Å². The van der Waals surface area contributed by atoms with Gasteiger partial charge in [-0.3, -0.25) is 19.3 Å². The van der Waals surface area contributed by atoms with E-state index in [2.05, 4.69) is 5.32 Å². The van der Waals surface area contributed by atoms with Crippen LogP contribution in [-0.2, 0) is 16.0 Å². The molecule has 122 valence electrons. The van der Waals surface area contributed by atoms with Crippen LogP contribution in [0.15, 0.2) is 30.3 Å². The van der Waals surface area contributed by atoms with Crippen LogP contribution in [-0.4, -0.2) is 39.8 Å². The van der Waals surface area contributed by atoms with Crippen molar-refractivity contribution in [3.8, 4) is 0 Å². The standard InChI is InChI=1S/C17H20N2O3S/c20-15(10-12-6-2-1-3-7-12)18-13-8-4-5-9-14(13)19-16(21)11-23-17(19)22/h1-3,6-7,13-14H,4-5,8-11H2,(H,18,20). The minimum atomic E-state index is -0.196. The van der Waals surface area contributed by atoms with Gasteiger partial charge in [-0.05, 0) is 18.4 Å². The predicted octanol–water partition coefficient (Wildman–Crippen LogP) is 2.35. The summed E-state index contributed by atoms with van der Waals surface area (Å²) in [5.41, 5.74) is 0.959. The molecule has 1 saturated carbocycles. The van der Waals surface area contributed by atoms with Gasteiger partial charge in [-0.25, -0.2) is 0 Å². The number of amides is 3. The minimum absolute atomic E-state index is 0.0557. The Morgan fingerprint density at radius 3 is 2.61 bits per heavy atom. The summed E-state index contributed by atoms with van der Waals surface area (Å²) in [4.78, 5) is 37.6. The number of imide groups is 1. The van der Waals surface area contributed by atoms with Gasteiger partial charge in [0.05, 0.1) is 18.2 Å². The van der Waals surface area contributed by atoms with Gasteiger partial charge < -0.3 is 5.32 Å². The van der Waals surface area contributed by atoms with Gasteiger partial charge in [-0.1, -0.05) is 54.9 Å². The first kappa shape index (κ1) is 16.1. The van der Waals surface area contributed by atoms with E-state index >= 15 is 0 Å². The third-order valence-corrected chi connectivity index (χ3v) is 5.23. The highest BCUT2D eigenvalue weighted by Crippen LogP contribution is 2.30. The molecular weight excluding hydrogens is 312 g/mol. The number of rotatable bonds is 4. The second-order valence-corrected chi connectivity index (χ2v) is 6.93. The molecular formula is C17H20N2O3S. The van der Waals surface area contributed by atoms with Crippen molar-refractivity contribution in [3.05, 3.63) is 35.9 Å². The summed E-state index contributed by atoms with van der Waals surface area (Å²) in [5.74, 6) is 0.0362. The normalized spacial score (nSPS) is 24.8. The van der Waals surface area contributed by atoms with E-state index in [-0.39, 0.29) is 34.9 Å². The van der Waals surface area contributed by atoms with Crippen LogP contribution < -0.4 is 5.32 Å². The Hall–Kier alpha value is -1.82. The topological polar surface area (TPSA) is 66.5 Å². The average Bonchev–Trinajstić information content (AvgIpc) is 2.88. The lowest BCUT2D eigenvalue weighted by Gasteiger charge is -2.36. The van der Waals surface area contributed by atoms with Crippen LogP contribution in [0.2, 0.25) is 0 Å². The second-order valence-electron chi connectivity index (χ2n) is 6.01. The zero-order valence-electron chi connectivity index (χ0n) is 12.9. The lowest BCUT2D eigenvalue weighted by molar-refractivity contribution is -0.129. The molecule has 2 aliphatic rings. The summed E-state index contributed by atoms with van der Waals surface area (Å²) in [6.45, 7) is 0. The highest BCUT2D eigenvalue weighted by Gasteiger charge is 2.41. The monoisotopic (exact) mass is 332 g/mol. The van der Waals surface area contributed by atoms with E-state index in [1.54, 1.807) is 0 Å². The highest BCUT2D eigenvalue weighted by atomic mass is 32.2. The van der Waals surface area contributed by atoms with Crippen LogP contribution in [0.5, 0.6) is 0 Å². The predicted molar refractivity (Wildman–Crippen MR) is 89.0 cm³/mol. The Balaban J connectivity index is 1.66. The molecule has 5 nitrogen and oxygen atoms in total. The number of nitrogens with zero attached hydrogens (tertiary/aromatic N) is 1. The van der Waals surface area contributed by atoms with E-state index in [9.17, 15) is 14.4 Å². The first-order valence-electron chi connectivity index (χ1n) is 7.97. The van der Waals surface area contributed by atoms with Gasteiger partial charge >= 0.3 is 0 Å². The van der Waals surface area contributed by atoms with Crippen LogP contribution in [0.25, 0.3) is 0 Å².